The summed E-state index contributed by atoms with van der Waals surface area (Å²) in [5, 5.41) is 22.5. The van der Waals surface area contributed by atoms with Gasteiger partial charge in [0, 0.05) is 13.0 Å². The predicted octanol–water partition coefficient (Wildman–Crippen LogP) is 8.20. The Labute approximate surface area is 319 Å². The Bertz CT molecular complexity index is 1180. The highest BCUT2D eigenvalue weighted by atomic mass is 16.7. The van der Waals surface area contributed by atoms with E-state index in [9.17, 15) is 15.0 Å². The average Bonchev–Trinajstić information content (AvgIpc) is 3.18. The number of aliphatic hydroxyl groups excluding tert-OH is 2. The summed E-state index contributed by atoms with van der Waals surface area (Å²) in [5.74, 6) is -0.153. The highest BCUT2D eigenvalue weighted by Crippen LogP contribution is 2.30. The largest absolute Gasteiger partial charge is 0.394 e. The van der Waals surface area contributed by atoms with Crippen LogP contribution in [0.1, 0.15) is 121 Å². The van der Waals surface area contributed by atoms with Gasteiger partial charge in [-0.05, 0) is 24.0 Å². The van der Waals surface area contributed by atoms with Crippen molar-refractivity contribution in [2.45, 2.75) is 160 Å². The zero-order chi connectivity index (χ0) is 37.8. The van der Waals surface area contributed by atoms with Gasteiger partial charge in [0.2, 0.25) is 5.91 Å². The fourth-order valence-corrected chi connectivity index (χ4v) is 6.63. The molecule has 1 aliphatic rings. The number of unbranched alkanes of at least 4 members (excludes halogenated alkanes) is 13. The van der Waals surface area contributed by atoms with E-state index in [0.29, 0.717) is 13.0 Å². The number of carbonyl (C=O) groups is 1. The van der Waals surface area contributed by atoms with Crippen molar-refractivity contribution in [3.05, 3.63) is 84.4 Å². The Morgan fingerprint density at radius 2 is 1.32 bits per heavy atom. The SMILES string of the molecule is C=CCCC(=O)N[C@H]1[C@@H](OCCCCCCCCCCCCCCCC)O[C@H](COC[C@@H](O)CO)[C@@H](OCc2ccccc2)[C@@H]1OCc1ccccc1. The fraction of sp³-hybridized carbons (Fsp3) is 0.659. The quantitative estimate of drug-likeness (QED) is 0.0524. The first kappa shape index (κ1) is 44.8. The van der Waals surface area contributed by atoms with Crippen molar-refractivity contribution in [1.29, 1.82) is 0 Å². The van der Waals surface area contributed by atoms with Gasteiger partial charge in [0.05, 0.1) is 33.0 Å². The molecule has 0 aliphatic carbocycles. The molecule has 1 aliphatic heterocycles. The van der Waals surface area contributed by atoms with E-state index in [1.54, 1.807) is 6.08 Å². The number of benzene rings is 2. The van der Waals surface area contributed by atoms with Gasteiger partial charge in [0.1, 0.15) is 30.5 Å². The molecule has 0 bridgehead atoms. The second-order valence-corrected chi connectivity index (χ2v) is 14.3. The van der Waals surface area contributed by atoms with Crippen LogP contribution in [0.15, 0.2) is 73.3 Å². The summed E-state index contributed by atoms with van der Waals surface area (Å²) in [7, 11) is 0. The second kappa shape index (κ2) is 28.8. The lowest BCUT2D eigenvalue weighted by atomic mass is 9.95. The number of hydrogen-bond acceptors (Lipinski definition) is 8. The van der Waals surface area contributed by atoms with Crippen LogP contribution in [0, 0.1) is 0 Å². The molecule has 2 aromatic rings. The van der Waals surface area contributed by atoms with Crippen molar-refractivity contribution in [3.8, 4) is 0 Å². The number of hydrogen-bond donors (Lipinski definition) is 3. The normalized spacial score (nSPS) is 20.6. The lowest BCUT2D eigenvalue weighted by Crippen LogP contribution is -2.66. The lowest BCUT2D eigenvalue weighted by Gasteiger charge is -2.46. The minimum atomic E-state index is -1.02. The zero-order valence-electron chi connectivity index (χ0n) is 32.4. The van der Waals surface area contributed by atoms with Crippen LogP contribution < -0.4 is 5.32 Å². The second-order valence-electron chi connectivity index (χ2n) is 14.3. The van der Waals surface area contributed by atoms with Crippen molar-refractivity contribution >= 4 is 5.91 Å². The summed E-state index contributed by atoms with van der Waals surface area (Å²) in [5.41, 5.74) is 1.96. The summed E-state index contributed by atoms with van der Waals surface area (Å²) >= 11 is 0. The summed E-state index contributed by atoms with van der Waals surface area (Å²) in [6.45, 7) is 6.69. The van der Waals surface area contributed by atoms with Crippen LogP contribution in [-0.4, -0.2) is 79.3 Å². The standard InChI is InChI=1S/C44H69NO8/c1-3-5-7-8-9-10-11-12-13-14-15-16-17-24-30-50-44-41(45-40(48)29-6-4-2)43(52-33-37-27-22-19-23-28-37)42(51-32-36-25-20-18-21-26-36)39(53-44)35-49-34-38(47)31-46/h4,18-23,25-28,38-39,41-44,46-47H,2-3,5-17,24,29-35H2,1H3,(H,45,48)/t38-,39+,41+,42+,43+,44-/m0/s1. The summed E-state index contributed by atoms with van der Waals surface area (Å²) < 4.78 is 32.1. The van der Waals surface area contributed by atoms with Crippen LogP contribution in [0.25, 0.3) is 0 Å². The van der Waals surface area contributed by atoms with Gasteiger partial charge in [0.15, 0.2) is 6.29 Å². The fourth-order valence-electron chi connectivity index (χ4n) is 6.63. The van der Waals surface area contributed by atoms with Gasteiger partial charge in [-0.3, -0.25) is 4.79 Å². The molecular weight excluding hydrogens is 670 g/mol. The molecule has 1 saturated heterocycles. The smallest absolute Gasteiger partial charge is 0.220 e. The molecule has 0 unspecified atom stereocenters. The maximum atomic E-state index is 13.3. The minimum Gasteiger partial charge on any atom is -0.394 e. The predicted molar refractivity (Wildman–Crippen MR) is 210 cm³/mol. The highest BCUT2D eigenvalue weighted by molar-refractivity contribution is 5.76. The summed E-state index contributed by atoms with van der Waals surface area (Å²) in [6.07, 6.45) is 16.6. The number of nitrogens with one attached hydrogen (secondary N) is 1. The molecule has 1 amide bonds. The van der Waals surface area contributed by atoms with E-state index in [0.717, 1.165) is 30.4 Å². The maximum absolute atomic E-state index is 13.3. The molecular formula is C44H69NO8. The third kappa shape index (κ3) is 19.0. The molecule has 0 spiro atoms. The first-order chi connectivity index (χ1) is 26.0. The van der Waals surface area contributed by atoms with Gasteiger partial charge in [-0.15, -0.1) is 6.58 Å². The Balaban J connectivity index is 1.66. The first-order valence-electron chi connectivity index (χ1n) is 20.4. The number of carbonyl (C=O) groups excluding carboxylic acids is 1. The highest BCUT2D eigenvalue weighted by Gasteiger charge is 2.49. The molecule has 2 aromatic carbocycles. The van der Waals surface area contributed by atoms with Crippen molar-refractivity contribution in [1.82, 2.24) is 5.32 Å². The number of aliphatic hydroxyl groups is 2. The van der Waals surface area contributed by atoms with Crippen LogP contribution in [0.2, 0.25) is 0 Å². The molecule has 0 saturated carbocycles. The van der Waals surface area contributed by atoms with Crippen LogP contribution >= 0.6 is 0 Å². The van der Waals surface area contributed by atoms with Gasteiger partial charge in [0.25, 0.3) is 0 Å². The zero-order valence-corrected chi connectivity index (χ0v) is 32.4. The monoisotopic (exact) mass is 740 g/mol. The van der Waals surface area contributed by atoms with Gasteiger partial charge in [-0.1, -0.05) is 157 Å². The van der Waals surface area contributed by atoms with E-state index in [4.69, 9.17) is 23.7 Å². The maximum Gasteiger partial charge on any atom is 0.220 e. The molecule has 9 heteroatoms. The van der Waals surface area contributed by atoms with Crippen LogP contribution in [0.3, 0.4) is 0 Å². The number of amides is 1. The van der Waals surface area contributed by atoms with Crippen LogP contribution in [0.4, 0.5) is 0 Å². The Kier molecular flexibility index (Phi) is 24.3. The van der Waals surface area contributed by atoms with Gasteiger partial charge < -0.3 is 39.2 Å². The molecule has 0 aromatic heterocycles. The van der Waals surface area contributed by atoms with Crippen molar-refractivity contribution in [3.63, 3.8) is 0 Å². The molecule has 53 heavy (non-hydrogen) atoms. The van der Waals surface area contributed by atoms with Crippen LogP contribution in [0.5, 0.6) is 0 Å². The third-order valence-electron chi connectivity index (χ3n) is 9.70. The summed E-state index contributed by atoms with van der Waals surface area (Å²) in [4.78, 5) is 13.3. The molecule has 0 radical (unpaired) electrons. The molecule has 9 nitrogen and oxygen atoms in total. The molecule has 1 heterocycles. The molecule has 3 rings (SSSR count). The topological polar surface area (TPSA) is 116 Å². The Morgan fingerprint density at radius 3 is 1.85 bits per heavy atom. The molecule has 3 N–H and O–H groups in total. The number of ether oxygens (including phenoxy) is 5. The molecule has 6 atom stereocenters. The number of allylic oxidation sites excluding steroid dienone is 1. The van der Waals surface area contributed by atoms with Gasteiger partial charge in [-0.2, -0.15) is 0 Å². The minimum absolute atomic E-state index is 0.0659. The lowest BCUT2D eigenvalue weighted by molar-refractivity contribution is -0.290. The Morgan fingerprint density at radius 1 is 0.792 bits per heavy atom. The van der Waals surface area contributed by atoms with E-state index in [1.807, 2.05) is 60.7 Å². The molecule has 298 valence electrons. The van der Waals surface area contributed by atoms with Crippen molar-refractivity contribution in [2.75, 3.05) is 26.4 Å². The van der Waals surface area contributed by atoms with E-state index >= 15 is 0 Å². The van der Waals surface area contributed by atoms with E-state index < -0.39 is 43.4 Å². The Hall–Kier alpha value is -2.63. The number of rotatable bonds is 31. The first-order valence-corrected chi connectivity index (χ1v) is 20.4. The molecule has 1 fully saturated rings. The average molecular weight is 740 g/mol. The van der Waals surface area contributed by atoms with Gasteiger partial charge >= 0.3 is 0 Å². The van der Waals surface area contributed by atoms with Crippen molar-refractivity contribution in [2.24, 2.45) is 0 Å². The van der Waals surface area contributed by atoms with Crippen LogP contribution in [-0.2, 0) is 41.7 Å². The van der Waals surface area contributed by atoms with E-state index in [2.05, 4.69) is 18.8 Å². The van der Waals surface area contributed by atoms with Gasteiger partial charge in [-0.25, -0.2) is 0 Å². The summed E-state index contributed by atoms with van der Waals surface area (Å²) in [6, 6.07) is 19.1. The van der Waals surface area contributed by atoms with E-state index in [-0.39, 0.29) is 38.8 Å². The van der Waals surface area contributed by atoms with Crippen molar-refractivity contribution < 1.29 is 38.7 Å². The third-order valence-corrected chi connectivity index (χ3v) is 9.70. The van der Waals surface area contributed by atoms with E-state index in [1.165, 1.54) is 70.6 Å².